The molecule has 0 aromatic carbocycles. The van der Waals surface area contributed by atoms with E-state index in [4.69, 9.17) is 0 Å². The summed E-state index contributed by atoms with van der Waals surface area (Å²) in [5.74, 6) is 0. The number of hydrogen-bond donors (Lipinski definition) is 0. The van der Waals surface area contributed by atoms with Crippen LogP contribution in [0.25, 0.3) is 0 Å². The number of hydrogen-bond acceptors (Lipinski definition) is 1. The van der Waals surface area contributed by atoms with Crippen LogP contribution in [-0.2, 0) is 0 Å². The maximum Gasteiger partial charge on any atom is 0.0250 e. The molecule has 15 heavy (non-hydrogen) atoms. The van der Waals surface area contributed by atoms with Gasteiger partial charge in [0.05, 0.1) is 0 Å². The predicted molar refractivity (Wildman–Crippen MR) is 68.1 cm³/mol. The van der Waals surface area contributed by atoms with Crippen molar-refractivity contribution in [2.45, 2.75) is 65.5 Å². The smallest absolute Gasteiger partial charge is 0.0250 e. The van der Waals surface area contributed by atoms with E-state index in [0.29, 0.717) is 11.5 Å². The van der Waals surface area contributed by atoms with Crippen molar-refractivity contribution in [3.8, 4) is 0 Å². The van der Waals surface area contributed by atoms with Crippen molar-refractivity contribution in [1.29, 1.82) is 0 Å². The summed E-state index contributed by atoms with van der Waals surface area (Å²) in [5.41, 5.74) is 0.446. The minimum absolute atomic E-state index is 0.446. The van der Waals surface area contributed by atoms with Crippen molar-refractivity contribution < 1.29 is 0 Å². The van der Waals surface area contributed by atoms with Gasteiger partial charge in [-0.25, -0.2) is 0 Å². The van der Waals surface area contributed by atoms with Gasteiger partial charge in [-0.15, -0.1) is 6.58 Å². The largest absolute Gasteiger partial charge is 0.294 e. The van der Waals surface area contributed by atoms with Gasteiger partial charge in [0.15, 0.2) is 0 Å². The zero-order valence-corrected chi connectivity index (χ0v) is 10.9. The molecule has 0 radical (unpaired) electrons. The Bertz CT molecular complexity index is 202. The fraction of sp³-hybridized carbons (Fsp3) is 0.857. The van der Waals surface area contributed by atoms with Gasteiger partial charge in [-0.3, -0.25) is 4.90 Å². The van der Waals surface area contributed by atoms with Crippen LogP contribution in [-0.4, -0.2) is 23.5 Å². The first-order valence-electron chi connectivity index (χ1n) is 6.32. The zero-order chi connectivity index (χ0) is 11.5. The van der Waals surface area contributed by atoms with E-state index in [1.165, 1.54) is 32.2 Å². The van der Waals surface area contributed by atoms with Crippen LogP contribution in [0.4, 0.5) is 0 Å². The first-order valence-corrected chi connectivity index (χ1v) is 6.32. The van der Waals surface area contributed by atoms with E-state index in [1.807, 2.05) is 0 Å². The Hall–Kier alpha value is -0.300. The Morgan fingerprint density at radius 3 is 2.60 bits per heavy atom. The van der Waals surface area contributed by atoms with Crippen molar-refractivity contribution in [3.63, 3.8) is 0 Å². The van der Waals surface area contributed by atoms with Gasteiger partial charge >= 0.3 is 0 Å². The minimum atomic E-state index is 0.446. The van der Waals surface area contributed by atoms with E-state index in [1.54, 1.807) is 0 Å². The summed E-state index contributed by atoms with van der Waals surface area (Å²) in [6.45, 7) is 14.5. The lowest BCUT2D eigenvalue weighted by Crippen LogP contribution is -2.45. The number of nitrogens with zero attached hydrogens (tertiary/aromatic N) is 1. The van der Waals surface area contributed by atoms with Crippen molar-refractivity contribution in [2.75, 3.05) is 6.54 Å². The highest BCUT2D eigenvalue weighted by atomic mass is 15.2. The zero-order valence-electron chi connectivity index (χ0n) is 10.9. The van der Waals surface area contributed by atoms with Gasteiger partial charge in [0.1, 0.15) is 0 Å². The SMILES string of the molecule is C=CC(C)N1CCCC[C@@H]1CC(C)(C)C. The highest BCUT2D eigenvalue weighted by Crippen LogP contribution is 2.30. The van der Waals surface area contributed by atoms with Crippen molar-refractivity contribution >= 4 is 0 Å². The second-order valence-corrected chi connectivity index (χ2v) is 6.13. The maximum atomic E-state index is 3.93. The van der Waals surface area contributed by atoms with Crippen LogP contribution < -0.4 is 0 Å². The molecule has 0 amide bonds. The molecule has 1 aliphatic heterocycles. The summed E-state index contributed by atoms with van der Waals surface area (Å²) < 4.78 is 0. The summed E-state index contributed by atoms with van der Waals surface area (Å²) in [7, 11) is 0. The normalized spacial score (nSPS) is 26.3. The molecule has 1 heteroatoms. The fourth-order valence-corrected chi connectivity index (χ4v) is 2.62. The predicted octanol–water partition coefficient (Wildman–Crippen LogP) is 3.85. The third-order valence-electron chi connectivity index (χ3n) is 3.38. The molecule has 0 aliphatic carbocycles. The molecule has 0 aromatic heterocycles. The molecule has 1 fully saturated rings. The monoisotopic (exact) mass is 209 g/mol. The standard InChI is InChI=1S/C14H27N/c1-6-12(2)15-10-8-7-9-13(15)11-14(3,4)5/h6,12-13H,1,7-11H2,2-5H3/t12?,13-/m1/s1. The van der Waals surface area contributed by atoms with E-state index < -0.39 is 0 Å². The molecular formula is C14H27N. The van der Waals surface area contributed by atoms with Gasteiger partial charge in [-0.2, -0.15) is 0 Å². The van der Waals surface area contributed by atoms with Crippen LogP contribution in [0.1, 0.15) is 53.4 Å². The van der Waals surface area contributed by atoms with E-state index in [2.05, 4.69) is 45.2 Å². The third kappa shape index (κ3) is 3.98. The Balaban J connectivity index is 2.61. The lowest BCUT2D eigenvalue weighted by molar-refractivity contribution is 0.0910. The van der Waals surface area contributed by atoms with E-state index >= 15 is 0 Å². The van der Waals surface area contributed by atoms with Crippen LogP contribution in [0.2, 0.25) is 0 Å². The Morgan fingerprint density at radius 2 is 2.07 bits per heavy atom. The molecule has 1 saturated heterocycles. The van der Waals surface area contributed by atoms with Crippen molar-refractivity contribution in [1.82, 2.24) is 4.90 Å². The quantitative estimate of drug-likeness (QED) is 0.638. The average Bonchev–Trinajstić information content (AvgIpc) is 2.15. The van der Waals surface area contributed by atoms with E-state index in [9.17, 15) is 0 Å². The molecule has 0 spiro atoms. The van der Waals surface area contributed by atoms with Crippen LogP contribution in [0, 0.1) is 5.41 Å². The Morgan fingerprint density at radius 1 is 1.40 bits per heavy atom. The summed E-state index contributed by atoms with van der Waals surface area (Å²) in [6, 6.07) is 1.31. The highest BCUT2D eigenvalue weighted by Gasteiger charge is 2.28. The molecule has 1 heterocycles. The molecule has 1 unspecified atom stereocenters. The van der Waals surface area contributed by atoms with Crippen molar-refractivity contribution in [2.24, 2.45) is 5.41 Å². The molecule has 1 nitrogen and oxygen atoms in total. The molecule has 0 aromatic rings. The summed E-state index contributed by atoms with van der Waals surface area (Å²) in [6.07, 6.45) is 7.53. The number of rotatable bonds is 3. The van der Waals surface area contributed by atoms with Gasteiger partial charge in [-0.1, -0.05) is 33.3 Å². The topological polar surface area (TPSA) is 3.24 Å². The molecule has 2 atom stereocenters. The van der Waals surface area contributed by atoms with Gasteiger partial charge < -0.3 is 0 Å². The van der Waals surface area contributed by atoms with Gasteiger partial charge in [0, 0.05) is 12.1 Å². The molecule has 0 saturated carbocycles. The second-order valence-electron chi connectivity index (χ2n) is 6.13. The molecule has 1 rings (SSSR count). The Kier molecular flexibility index (Phi) is 4.39. The molecule has 1 aliphatic rings. The van der Waals surface area contributed by atoms with Gasteiger partial charge in [-0.05, 0) is 38.1 Å². The molecular weight excluding hydrogens is 182 g/mol. The average molecular weight is 209 g/mol. The summed E-state index contributed by atoms with van der Waals surface area (Å²) in [5, 5.41) is 0. The fourth-order valence-electron chi connectivity index (χ4n) is 2.62. The van der Waals surface area contributed by atoms with Crippen LogP contribution >= 0.6 is 0 Å². The number of piperidine rings is 1. The van der Waals surface area contributed by atoms with Gasteiger partial charge in [0.2, 0.25) is 0 Å². The van der Waals surface area contributed by atoms with Crippen molar-refractivity contribution in [3.05, 3.63) is 12.7 Å². The second kappa shape index (κ2) is 5.16. The summed E-state index contributed by atoms with van der Waals surface area (Å²) in [4.78, 5) is 2.64. The first kappa shape index (κ1) is 12.8. The lowest BCUT2D eigenvalue weighted by Gasteiger charge is -2.41. The minimum Gasteiger partial charge on any atom is -0.294 e. The maximum absolute atomic E-state index is 3.93. The highest BCUT2D eigenvalue weighted by molar-refractivity contribution is 4.91. The number of likely N-dealkylation sites (tertiary alicyclic amines) is 1. The lowest BCUT2D eigenvalue weighted by atomic mass is 9.83. The molecule has 88 valence electrons. The molecule has 0 bridgehead atoms. The van der Waals surface area contributed by atoms with Crippen LogP contribution in [0.3, 0.4) is 0 Å². The first-order chi connectivity index (χ1) is 6.94. The Labute approximate surface area is 95.5 Å². The summed E-state index contributed by atoms with van der Waals surface area (Å²) >= 11 is 0. The van der Waals surface area contributed by atoms with Crippen LogP contribution in [0.15, 0.2) is 12.7 Å². The van der Waals surface area contributed by atoms with E-state index in [0.717, 1.165) is 6.04 Å². The van der Waals surface area contributed by atoms with E-state index in [-0.39, 0.29) is 0 Å². The van der Waals surface area contributed by atoms with Gasteiger partial charge in [0.25, 0.3) is 0 Å². The third-order valence-corrected chi connectivity index (χ3v) is 3.38. The van der Waals surface area contributed by atoms with Crippen LogP contribution in [0.5, 0.6) is 0 Å². The molecule has 0 N–H and O–H groups in total.